The molecule has 0 aliphatic rings. The molecule has 0 amide bonds. The predicted molar refractivity (Wildman–Crippen MR) is 76.1 cm³/mol. The van der Waals surface area contributed by atoms with Crippen molar-refractivity contribution in [1.82, 2.24) is 4.98 Å². The molecule has 2 aromatic carbocycles. The molecule has 1 radical (unpaired) electrons. The molecule has 0 saturated heterocycles. The normalized spacial score (nSPS) is 10.0. The third-order valence-electron chi connectivity index (χ3n) is 2.57. The summed E-state index contributed by atoms with van der Waals surface area (Å²) in [7, 11) is 0. The number of rotatable bonds is 4. The largest absolute Gasteiger partial charge is 0.439 e. The molecule has 20 heavy (non-hydrogen) atoms. The third kappa shape index (κ3) is 3.14. The molecule has 3 heteroatoms. The van der Waals surface area contributed by atoms with Crippen molar-refractivity contribution in [2.24, 2.45) is 0 Å². The van der Waals surface area contributed by atoms with Gasteiger partial charge in [-0.2, -0.15) is 4.98 Å². The smallest absolute Gasteiger partial charge is 0.223 e. The quantitative estimate of drug-likeness (QED) is 0.695. The van der Waals surface area contributed by atoms with E-state index >= 15 is 0 Å². The van der Waals surface area contributed by atoms with Gasteiger partial charge >= 0.3 is 0 Å². The summed E-state index contributed by atoms with van der Waals surface area (Å²) in [5, 5.41) is 0. The van der Waals surface area contributed by atoms with Gasteiger partial charge in [-0.15, -0.1) is 0 Å². The van der Waals surface area contributed by atoms with Crippen molar-refractivity contribution < 1.29 is 9.47 Å². The molecule has 0 fully saturated rings. The van der Waals surface area contributed by atoms with Crippen LogP contribution in [0, 0.1) is 6.07 Å². The second-order valence-corrected chi connectivity index (χ2v) is 4.07. The Balaban J connectivity index is 1.76. The third-order valence-corrected chi connectivity index (χ3v) is 2.57. The number of ether oxygens (including phenoxy) is 2. The van der Waals surface area contributed by atoms with Crippen LogP contribution in [0.2, 0.25) is 0 Å². The molecule has 1 aromatic heterocycles. The van der Waals surface area contributed by atoms with Crippen molar-refractivity contribution in [3.05, 3.63) is 78.9 Å². The Morgan fingerprint density at radius 1 is 0.650 bits per heavy atom. The lowest BCUT2D eigenvalue weighted by Gasteiger charge is -2.07. The molecule has 0 unspecified atom stereocenters. The first-order valence-electron chi connectivity index (χ1n) is 6.24. The van der Waals surface area contributed by atoms with Crippen LogP contribution in [-0.2, 0) is 0 Å². The van der Waals surface area contributed by atoms with Crippen LogP contribution in [0.3, 0.4) is 0 Å². The summed E-state index contributed by atoms with van der Waals surface area (Å²) in [6.45, 7) is 0. The van der Waals surface area contributed by atoms with Crippen LogP contribution in [0.1, 0.15) is 0 Å². The van der Waals surface area contributed by atoms with Crippen LogP contribution in [-0.4, -0.2) is 4.98 Å². The first kappa shape index (κ1) is 12.2. The molecule has 0 N–H and O–H groups in total. The Labute approximate surface area is 117 Å². The summed E-state index contributed by atoms with van der Waals surface area (Å²) < 4.78 is 11.3. The van der Waals surface area contributed by atoms with Gasteiger partial charge in [0.1, 0.15) is 11.5 Å². The van der Waals surface area contributed by atoms with Gasteiger partial charge in [0.2, 0.25) is 11.8 Å². The lowest BCUT2D eigenvalue weighted by Crippen LogP contribution is -1.91. The topological polar surface area (TPSA) is 31.4 Å². The summed E-state index contributed by atoms with van der Waals surface area (Å²) in [6.07, 6.45) is 0. The summed E-state index contributed by atoms with van der Waals surface area (Å²) in [4.78, 5) is 4.29. The molecule has 0 spiro atoms. The molecule has 3 aromatic rings. The fourth-order valence-corrected chi connectivity index (χ4v) is 1.68. The number of pyridine rings is 1. The van der Waals surface area contributed by atoms with Crippen molar-refractivity contribution in [3.63, 3.8) is 0 Å². The van der Waals surface area contributed by atoms with Crippen LogP contribution in [0.15, 0.2) is 72.8 Å². The zero-order valence-corrected chi connectivity index (χ0v) is 10.7. The van der Waals surface area contributed by atoms with Gasteiger partial charge in [0.15, 0.2) is 0 Å². The van der Waals surface area contributed by atoms with Crippen LogP contribution in [0.5, 0.6) is 23.3 Å². The average molecular weight is 262 g/mol. The number of aromatic nitrogens is 1. The predicted octanol–water partition coefficient (Wildman–Crippen LogP) is 4.47. The van der Waals surface area contributed by atoms with Crippen molar-refractivity contribution in [3.8, 4) is 23.3 Å². The SMILES string of the molecule is [c]1cc(Oc2ccccc2)nc(Oc2ccccc2)c1. The monoisotopic (exact) mass is 262 g/mol. The van der Waals surface area contributed by atoms with Gasteiger partial charge in [-0.25, -0.2) is 0 Å². The Hall–Kier alpha value is -2.81. The highest BCUT2D eigenvalue weighted by atomic mass is 16.5. The van der Waals surface area contributed by atoms with E-state index in [1.807, 2.05) is 60.7 Å². The van der Waals surface area contributed by atoms with Gasteiger partial charge in [0, 0.05) is 12.1 Å². The van der Waals surface area contributed by atoms with Crippen LogP contribution in [0.4, 0.5) is 0 Å². The molecule has 0 aliphatic heterocycles. The van der Waals surface area contributed by atoms with E-state index in [1.54, 1.807) is 12.1 Å². The molecule has 0 saturated carbocycles. The van der Waals surface area contributed by atoms with E-state index in [1.165, 1.54) is 0 Å². The van der Waals surface area contributed by atoms with E-state index in [0.29, 0.717) is 11.8 Å². The van der Waals surface area contributed by atoms with E-state index in [-0.39, 0.29) is 0 Å². The van der Waals surface area contributed by atoms with E-state index in [4.69, 9.17) is 9.47 Å². The van der Waals surface area contributed by atoms with Crippen molar-refractivity contribution >= 4 is 0 Å². The molecule has 0 bridgehead atoms. The highest BCUT2D eigenvalue weighted by Crippen LogP contribution is 2.23. The minimum atomic E-state index is 0.449. The Morgan fingerprint density at radius 2 is 1.10 bits per heavy atom. The van der Waals surface area contributed by atoms with E-state index < -0.39 is 0 Å². The standard InChI is InChI=1S/C17H12NO2/c1-3-8-14(9-4-1)19-16-12-7-13-17(18-16)20-15-10-5-2-6-11-15/h1-6,8-13H. The van der Waals surface area contributed by atoms with Gasteiger partial charge in [-0.05, 0) is 30.3 Å². The maximum absolute atomic E-state index is 5.63. The highest BCUT2D eigenvalue weighted by molar-refractivity contribution is 5.30. The summed E-state index contributed by atoms with van der Waals surface area (Å²) in [6, 6.07) is 25.3. The van der Waals surface area contributed by atoms with E-state index in [0.717, 1.165) is 11.5 Å². The molecule has 3 rings (SSSR count). The lowest BCUT2D eigenvalue weighted by atomic mass is 10.3. The molecule has 97 valence electrons. The first-order valence-corrected chi connectivity index (χ1v) is 6.24. The maximum atomic E-state index is 5.63. The number of nitrogens with zero attached hydrogens (tertiary/aromatic N) is 1. The molecular formula is C17H12NO2. The lowest BCUT2D eigenvalue weighted by molar-refractivity contribution is 0.426. The first-order chi connectivity index (χ1) is 9.90. The zero-order valence-electron chi connectivity index (χ0n) is 10.7. The fraction of sp³-hybridized carbons (Fsp3) is 0. The number of para-hydroxylation sites is 2. The Morgan fingerprint density at radius 3 is 1.55 bits per heavy atom. The molecule has 0 atom stereocenters. The van der Waals surface area contributed by atoms with Crippen LogP contribution < -0.4 is 9.47 Å². The van der Waals surface area contributed by atoms with Gasteiger partial charge in [0.05, 0.1) is 0 Å². The van der Waals surface area contributed by atoms with Gasteiger partial charge < -0.3 is 9.47 Å². The van der Waals surface area contributed by atoms with Gasteiger partial charge in [-0.3, -0.25) is 0 Å². The van der Waals surface area contributed by atoms with Crippen LogP contribution in [0.25, 0.3) is 0 Å². The van der Waals surface area contributed by atoms with Crippen LogP contribution >= 0.6 is 0 Å². The molecular weight excluding hydrogens is 250 g/mol. The van der Waals surface area contributed by atoms with Gasteiger partial charge in [-0.1, -0.05) is 36.4 Å². The Kier molecular flexibility index (Phi) is 3.60. The molecule has 3 nitrogen and oxygen atoms in total. The van der Waals surface area contributed by atoms with Crippen molar-refractivity contribution in [1.29, 1.82) is 0 Å². The van der Waals surface area contributed by atoms with E-state index in [2.05, 4.69) is 11.1 Å². The fourth-order valence-electron chi connectivity index (χ4n) is 1.68. The zero-order chi connectivity index (χ0) is 13.6. The summed E-state index contributed by atoms with van der Waals surface area (Å²) in [5.41, 5.74) is 0. The van der Waals surface area contributed by atoms with Gasteiger partial charge in [0.25, 0.3) is 0 Å². The number of hydrogen-bond donors (Lipinski definition) is 0. The minimum Gasteiger partial charge on any atom is -0.439 e. The minimum absolute atomic E-state index is 0.449. The number of hydrogen-bond acceptors (Lipinski definition) is 3. The van der Waals surface area contributed by atoms with E-state index in [9.17, 15) is 0 Å². The summed E-state index contributed by atoms with van der Waals surface area (Å²) in [5.74, 6) is 2.35. The Bertz CT molecular complexity index is 612. The second kappa shape index (κ2) is 5.89. The van der Waals surface area contributed by atoms with Crippen molar-refractivity contribution in [2.75, 3.05) is 0 Å². The molecule has 0 aliphatic carbocycles. The average Bonchev–Trinajstić information content (AvgIpc) is 2.50. The number of benzene rings is 2. The molecule has 1 heterocycles. The second-order valence-electron chi connectivity index (χ2n) is 4.07. The highest BCUT2D eigenvalue weighted by Gasteiger charge is 2.02. The van der Waals surface area contributed by atoms with Crippen molar-refractivity contribution in [2.45, 2.75) is 0 Å². The maximum Gasteiger partial charge on any atom is 0.223 e. The summed E-state index contributed by atoms with van der Waals surface area (Å²) >= 11 is 0.